The first kappa shape index (κ1) is 17.3. The molecule has 0 bridgehead atoms. The van der Waals surface area contributed by atoms with E-state index in [1.807, 2.05) is 28.7 Å². The zero-order valence-electron chi connectivity index (χ0n) is 13.4. The maximum atomic E-state index is 12.6. The van der Waals surface area contributed by atoms with Crippen molar-refractivity contribution in [3.63, 3.8) is 0 Å². The van der Waals surface area contributed by atoms with Crippen LogP contribution >= 0.6 is 23.2 Å². The van der Waals surface area contributed by atoms with E-state index in [2.05, 4.69) is 4.98 Å². The number of morpholine rings is 1. The standard InChI is InChI=1S/C17H19Cl2N3O2/c1-2-16-20-5-6-21(16)11-17(23)22-7-8-24-15(10-22)12-3-4-13(18)14(19)9-12/h3-6,9,15H,2,7-8,10-11H2,1H3/t15-/m1/s1. The smallest absolute Gasteiger partial charge is 0.242 e. The van der Waals surface area contributed by atoms with E-state index < -0.39 is 0 Å². The Morgan fingerprint density at radius 1 is 1.38 bits per heavy atom. The first-order valence-corrected chi connectivity index (χ1v) is 8.68. The van der Waals surface area contributed by atoms with Crippen molar-refractivity contribution in [3.05, 3.63) is 52.0 Å². The molecule has 0 radical (unpaired) electrons. The molecular weight excluding hydrogens is 349 g/mol. The second-order valence-corrected chi connectivity index (χ2v) is 6.51. The summed E-state index contributed by atoms with van der Waals surface area (Å²) in [5.74, 6) is 0.980. The summed E-state index contributed by atoms with van der Waals surface area (Å²) in [5, 5.41) is 1.00. The van der Waals surface area contributed by atoms with E-state index in [1.165, 1.54) is 0 Å². The lowest BCUT2D eigenvalue weighted by atomic mass is 10.1. The Kier molecular flexibility index (Phi) is 5.43. The molecule has 1 atom stereocenters. The van der Waals surface area contributed by atoms with E-state index >= 15 is 0 Å². The minimum absolute atomic E-state index is 0.0658. The van der Waals surface area contributed by atoms with Crippen LogP contribution in [0.25, 0.3) is 0 Å². The van der Waals surface area contributed by atoms with Crippen LogP contribution in [0.4, 0.5) is 0 Å². The molecule has 0 spiro atoms. The van der Waals surface area contributed by atoms with Crippen molar-refractivity contribution in [1.29, 1.82) is 0 Å². The molecule has 0 aliphatic carbocycles. The maximum absolute atomic E-state index is 12.6. The molecule has 0 N–H and O–H groups in total. The summed E-state index contributed by atoms with van der Waals surface area (Å²) in [4.78, 5) is 18.7. The van der Waals surface area contributed by atoms with E-state index in [0.29, 0.717) is 36.3 Å². The minimum atomic E-state index is -0.189. The summed E-state index contributed by atoms with van der Waals surface area (Å²) in [6.45, 7) is 3.93. The summed E-state index contributed by atoms with van der Waals surface area (Å²) in [5.41, 5.74) is 0.929. The van der Waals surface area contributed by atoms with Gasteiger partial charge in [-0.05, 0) is 17.7 Å². The van der Waals surface area contributed by atoms with Crippen LogP contribution in [0.1, 0.15) is 24.4 Å². The number of ether oxygens (including phenoxy) is 1. The van der Waals surface area contributed by atoms with Crippen LogP contribution in [-0.4, -0.2) is 40.1 Å². The van der Waals surface area contributed by atoms with Crippen molar-refractivity contribution in [1.82, 2.24) is 14.5 Å². The normalized spacial score (nSPS) is 18.0. The van der Waals surface area contributed by atoms with Crippen molar-refractivity contribution in [2.45, 2.75) is 26.0 Å². The summed E-state index contributed by atoms with van der Waals surface area (Å²) < 4.78 is 7.70. The lowest BCUT2D eigenvalue weighted by molar-refractivity contribution is -0.139. The first-order valence-electron chi connectivity index (χ1n) is 7.92. The minimum Gasteiger partial charge on any atom is -0.370 e. The largest absolute Gasteiger partial charge is 0.370 e. The quantitative estimate of drug-likeness (QED) is 0.832. The number of amides is 1. The molecule has 128 valence electrons. The zero-order valence-corrected chi connectivity index (χ0v) is 14.9. The number of carbonyl (C=O) groups is 1. The van der Waals surface area contributed by atoms with E-state index in [-0.39, 0.29) is 12.0 Å². The number of aryl methyl sites for hydroxylation is 1. The van der Waals surface area contributed by atoms with Crippen molar-refractivity contribution in [2.75, 3.05) is 19.7 Å². The highest BCUT2D eigenvalue weighted by Gasteiger charge is 2.26. The highest BCUT2D eigenvalue weighted by Crippen LogP contribution is 2.29. The van der Waals surface area contributed by atoms with Crippen molar-refractivity contribution in [3.8, 4) is 0 Å². The van der Waals surface area contributed by atoms with Crippen LogP contribution < -0.4 is 0 Å². The van der Waals surface area contributed by atoms with Gasteiger partial charge in [-0.15, -0.1) is 0 Å². The van der Waals surface area contributed by atoms with Crippen LogP contribution in [0.5, 0.6) is 0 Å². The van der Waals surface area contributed by atoms with Gasteiger partial charge in [0, 0.05) is 25.4 Å². The molecule has 1 aromatic carbocycles. The van der Waals surface area contributed by atoms with Crippen LogP contribution in [0.3, 0.4) is 0 Å². The molecule has 1 aliphatic heterocycles. The van der Waals surface area contributed by atoms with Crippen molar-refractivity contribution < 1.29 is 9.53 Å². The van der Waals surface area contributed by atoms with Gasteiger partial charge in [-0.1, -0.05) is 36.2 Å². The van der Waals surface area contributed by atoms with E-state index in [4.69, 9.17) is 27.9 Å². The predicted octanol–water partition coefficient (Wildman–Crippen LogP) is 3.35. The monoisotopic (exact) mass is 367 g/mol. The fraction of sp³-hybridized carbons (Fsp3) is 0.412. The molecule has 3 rings (SSSR count). The lowest BCUT2D eigenvalue weighted by Crippen LogP contribution is -2.43. The summed E-state index contributed by atoms with van der Waals surface area (Å²) in [6.07, 6.45) is 4.18. The molecule has 2 heterocycles. The van der Waals surface area contributed by atoms with Crippen LogP contribution in [0, 0.1) is 0 Å². The van der Waals surface area contributed by atoms with Crippen LogP contribution in [-0.2, 0) is 22.5 Å². The number of halogens is 2. The number of aromatic nitrogens is 2. The Hall–Kier alpha value is -1.56. The number of hydrogen-bond donors (Lipinski definition) is 0. The average Bonchev–Trinajstić information content (AvgIpc) is 3.04. The van der Waals surface area contributed by atoms with Gasteiger partial charge in [0.05, 0.1) is 23.2 Å². The summed E-state index contributed by atoms with van der Waals surface area (Å²) >= 11 is 12.0. The Morgan fingerprint density at radius 2 is 2.21 bits per heavy atom. The molecule has 24 heavy (non-hydrogen) atoms. The van der Waals surface area contributed by atoms with E-state index in [1.54, 1.807) is 18.3 Å². The molecule has 1 fully saturated rings. The number of imidazole rings is 1. The van der Waals surface area contributed by atoms with Gasteiger partial charge in [-0.25, -0.2) is 4.98 Å². The number of rotatable bonds is 4. The molecule has 2 aromatic rings. The number of benzene rings is 1. The summed E-state index contributed by atoms with van der Waals surface area (Å²) in [7, 11) is 0. The first-order chi connectivity index (χ1) is 11.6. The Bertz CT molecular complexity index is 732. The third-order valence-corrected chi connectivity index (χ3v) is 4.90. The Labute approximate surface area is 151 Å². The molecule has 1 saturated heterocycles. The van der Waals surface area contributed by atoms with Gasteiger partial charge in [0.25, 0.3) is 0 Å². The number of carbonyl (C=O) groups excluding carboxylic acids is 1. The van der Waals surface area contributed by atoms with Gasteiger partial charge in [-0.2, -0.15) is 0 Å². The van der Waals surface area contributed by atoms with Crippen molar-refractivity contribution >= 4 is 29.1 Å². The molecule has 1 aliphatic rings. The number of nitrogens with zero attached hydrogens (tertiary/aromatic N) is 3. The van der Waals surface area contributed by atoms with Crippen LogP contribution in [0.15, 0.2) is 30.6 Å². The van der Waals surface area contributed by atoms with Gasteiger partial charge in [-0.3, -0.25) is 4.79 Å². The third kappa shape index (κ3) is 3.74. The molecule has 0 saturated carbocycles. The topological polar surface area (TPSA) is 47.4 Å². The maximum Gasteiger partial charge on any atom is 0.242 e. The Morgan fingerprint density at radius 3 is 2.96 bits per heavy atom. The fourth-order valence-corrected chi connectivity index (χ4v) is 3.14. The second kappa shape index (κ2) is 7.55. The Balaban J connectivity index is 1.68. The van der Waals surface area contributed by atoms with E-state index in [9.17, 15) is 4.79 Å². The van der Waals surface area contributed by atoms with Crippen LogP contribution in [0.2, 0.25) is 10.0 Å². The van der Waals surface area contributed by atoms with Gasteiger partial charge in [0.15, 0.2) is 0 Å². The molecule has 7 heteroatoms. The highest BCUT2D eigenvalue weighted by molar-refractivity contribution is 6.42. The van der Waals surface area contributed by atoms with Gasteiger partial charge >= 0.3 is 0 Å². The molecule has 1 amide bonds. The van der Waals surface area contributed by atoms with Gasteiger partial charge in [0.2, 0.25) is 5.91 Å². The lowest BCUT2D eigenvalue weighted by Gasteiger charge is -2.33. The molecular formula is C17H19Cl2N3O2. The number of hydrogen-bond acceptors (Lipinski definition) is 3. The molecule has 5 nitrogen and oxygen atoms in total. The van der Waals surface area contributed by atoms with Crippen molar-refractivity contribution in [2.24, 2.45) is 0 Å². The molecule has 1 aromatic heterocycles. The van der Waals surface area contributed by atoms with Gasteiger partial charge < -0.3 is 14.2 Å². The molecule has 0 unspecified atom stereocenters. The average molecular weight is 368 g/mol. The van der Waals surface area contributed by atoms with Gasteiger partial charge in [0.1, 0.15) is 18.5 Å². The fourth-order valence-electron chi connectivity index (χ4n) is 2.83. The second-order valence-electron chi connectivity index (χ2n) is 5.70. The highest BCUT2D eigenvalue weighted by atomic mass is 35.5. The zero-order chi connectivity index (χ0) is 17.1. The predicted molar refractivity (Wildman–Crippen MR) is 93.3 cm³/mol. The SMILES string of the molecule is CCc1nccn1CC(=O)N1CCO[C@@H](c2ccc(Cl)c(Cl)c2)C1. The summed E-state index contributed by atoms with van der Waals surface area (Å²) in [6, 6.07) is 5.44. The van der Waals surface area contributed by atoms with E-state index in [0.717, 1.165) is 17.8 Å². The third-order valence-electron chi connectivity index (χ3n) is 4.16.